The summed E-state index contributed by atoms with van der Waals surface area (Å²) < 4.78 is 1.33. The van der Waals surface area contributed by atoms with Gasteiger partial charge in [-0.1, -0.05) is 0 Å². The highest BCUT2D eigenvalue weighted by Crippen LogP contribution is 2.51. The van der Waals surface area contributed by atoms with E-state index in [0.29, 0.717) is 12.2 Å². The number of fused-ring (bicyclic) bond motifs is 1. The Balaban J connectivity index is 1.50. The number of ketones is 1. The van der Waals surface area contributed by atoms with Crippen molar-refractivity contribution in [3.05, 3.63) is 41.3 Å². The molecule has 22 heavy (non-hydrogen) atoms. The molecule has 1 fully saturated rings. The first-order valence-corrected chi connectivity index (χ1v) is 9.25. The fraction of sp³-hybridized carbons (Fsp3) is 0.353. The second-order valence-electron chi connectivity index (χ2n) is 6.09. The van der Waals surface area contributed by atoms with Crippen LogP contribution >= 0.6 is 23.1 Å². The van der Waals surface area contributed by atoms with Crippen molar-refractivity contribution in [2.24, 2.45) is 0 Å². The predicted octanol–water partition coefficient (Wildman–Crippen LogP) is 4.05. The van der Waals surface area contributed by atoms with Crippen molar-refractivity contribution in [1.82, 2.24) is 0 Å². The average molecular weight is 330 g/mol. The number of carbonyl (C=O) groups excluding carboxylic acids is 1. The lowest BCUT2D eigenvalue weighted by atomic mass is 9.88. The van der Waals surface area contributed by atoms with Crippen molar-refractivity contribution in [2.45, 2.75) is 28.2 Å². The number of thioether (sulfide) groups is 1. The second-order valence-corrected chi connectivity index (χ2v) is 8.74. The Kier molecular flexibility index (Phi) is 3.42. The van der Waals surface area contributed by atoms with Crippen molar-refractivity contribution in [2.75, 3.05) is 23.7 Å². The Hall–Kier alpha value is -1.46. The summed E-state index contributed by atoms with van der Waals surface area (Å²) in [5.74, 6) is 0.330. The third-order valence-corrected chi connectivity index (χ3v) is 7.29. The average Bonchev–Trinajstić information content (AvgIpc) is 2.98. The molecule has 1 spiro atoms. The Bertz CT molecular complexity index is 700. The van der Waals surface area contributed by atoms with Gasteiger partial charge >= 0.3 is 0 Å². The maximum Gasteiger partial charge on any atom is 0.166 e. The first kappa shape index (κ1) is 14.2. The van der Waals surface area contributed by atoms with Crippen LogP contribution in [0.4, 0.5) is 11.4 Å². The zero-order valence-electron chi connectivity index (χ0n) is 12.2. The number of rotatable bonds is 1. The van der Waals surface area contributed by atoms with Crippen LogP contribution in [-0.4, -0.2) is 23.6 Å². The van der Waals surface area contributed by atoms with E-state index in [-0.39, 0.29) is 4.75 Å². The van der Waals surface area contributed by atoms with Crippen molar-refractivity contribution < 1.29 is 4.79 Å². The van der Waals surface area contributed by atoms with Crippen molar-refractivity contribution >= 4 is 40.3 Å². The molecule has 1 saturated heterocycles. The van der Waals surface area contributed by atoms with E-state index >= 15 is 0 Å². The highest BCUT2D eigenvalue weighted by atomic mass is 32.2. The lowest BCUT2D eigenvalue weighted by Crippen LogP contribution is -2.44. The highest BCUT2D eigenvalue weighted by molar-refractivity contribution is 8.02. The van der Waals surface area contributed by atoms with E-state index in [0.717, 1.165) is 37.2 Å². The minimum atomic E-state index is 0.110. The van der Waals surface area contributed by atoms with E-state index < -0.39 is 0 Å². The molecule has 1 aromatic heterocycles. The van der Waals surface area contributed by atoms with Crippen molar-refractivity contribution in [3.63, 3.8) is 0 Å². The van der Waals surface area contributed by atoms with Crippen LogP contribution in [0.2, 0.25) is 0 Å². The topological polar surface area (TPSA) is 46.3 Å². The molecule has 0 atom stereocenters. The molecule has 0 amide bonds. The normalized spacial score (nSPS) is 20.2. The molecular weight excluding hydrogens is 312 g/mol. The van der Waals surface area contributed by atoms with E-state index in [2.05, 4.69) is 17.0 Å². The number of thiophene rings is 1. The van der Waals surface area contributed by atoms with Gasteiger partial charge in [0.2, 0.25) is 0 Å². The Morgan fingerprint density at radius 1 is 1.09 bits per heavy atom. The van der Waals surface area contributed by atoms with E-state index in [1.165, 1.54) is 9.90 Å². The number of nitrogens with zero attached hydrogens (tertiary/aromatic N) is 1. The molecule has 0 aliphatic carbocycles. The molecule has 2 N–H and O–H groups in total. The van der Waals surface area contributed by atoms with Crippen molar-refractivity contribution in [3.8, 4) is 0 Å². The van der Waals surface area contributed by atoms with Crippen LogP contribution in [0.1, 0.15) is 29.6 Å². The Labute approximate surface area is 138 Å². The van der Waals surface area contributed by atoms with Gasteiger partial charge in [-0.2, -0.15) is 0 Å². The zero-order valence-corrected chi connectivity index (χ0v) is 13.9. The maximum absolute atomic E-state index is 12.4. The summed E-state index contributed by atoms with van der Waals surface area (Å²) in [6.45, 7) is 2.01. The molecule has 2 aromatic rings. The van der Waals surface area contributed by atoms with Crippen LogP contribution in [0.25, 0.3) is 0 Å². The monoisotopic (exact) mass is 330 g/mol. The molecule has 4 rings (SSSR count). The van der Waals surface area contributed by atoms with Gasteiger partial charge in [-0.3, -0.25) is 4.79 Å². The number of anilines is 2. The summed E-state index contributed by atoms with van der Waals surface area (Å²) in [5.41, 5.74) is 8.74. The number of benzene rings is 1. The molecule has 5 heteroatoms. The number of piperidine rings is 1. The maximum atomic E-state index is 12.4. The van der Waals surface area contributed by atoms with Gasteiger partial charge in [0.15, 0.2) is 5.78 Å². The molecular formula is C17H18N2OS2. The lowest BCUT2D eigenvalue weighted by molar-refractivity contribution is 0.0958. The summed E-state index contributed by atoms with van der Waals surface area (Å²) in [6.07, 6.45) is 2.81. The zero-order chi connectivity index (χ0) is 15.2. The SMILES string of the molecule is Nc1ccc(N2CCC3(CC2)CC(=O)c2ccsc2S3)cc1. The minimum absolute atomic E-state index is 0.110. The lowest BCUT2D eigenvalue weighted by Gasteiger charge is -2.43. The Morgan fingerprint density at radius 3 is 2.55 bits per heavy atom. The number of carbonyl (C=O) groups is 1. The van der Waals surface area contributed by atoms with Crippen LogP contribution in [0, 0.1) is 0 Å². The van der Waals surface area contributed by atoms with Crippen LogP contribution < -0.4 is 10.6 Å². The van der Waals surface area contributed by atoms with Crippen LogP contribution in [0.15, 0.2) is 39.9 Å². The second kappa shape index (κ2) is 5.32. The summed E-state index contributed by atoms with van der Waals surface area (Å²) in [5, 5.41) is 2.04. The van der Waals surface area contributed by atoms with E-state index in [9.17, 15) is 4.79 Å². The standard InChI is InChI=1S/C17H18N2OS2/c18-12-1-3-13(4-2-12)19-8-6-17(7-9-19)11-15(20)14-5-10-21-16(14)22-17/h1-5,10H,6-9,11,18H2. The molecule has 3 heterocycles. The summed E-state index contributed by atoms with van der Waals surface area (Å²) >= 11 is 3.65. The van der Waals surface area contributed by atoms with Crippen LogP contribution in [0.5, 0.6) is 0 Å². The molecule has 2 aliphatic rings. The first-order chi connectivity index (χ1) is 10.7. The molecule has 0 unspecified atom stereocenters. The van der Waals surface area contributed by atoms with Gasteiger partial charge in [0.05, 0.1) is 4.21 Å². The van der Waals surface area contributed by atoms with Gasteiger partial charge in [-0.05, 0) is 48.6 Å². The smallest absolute Gasteiger partial charge is 0.166 e. The summed E-state index contributed by atoms with van der Waals surface area (Å²) in [4.78, 5) is 14.8. The van der Waals surface area contributed by atoms with Gasteiger partial charge in [0, 0.05) is 41.2 Å². The Morgan fingerprint density at radius 2 is 1.82 bits per heavy atom. The highest BCUT2D eigenvalue weighted by Gasteiger charge is 2.42. The molecule has 3 nitrogen and oxygen atoms in total. The third kappa shape index (κ3) is 2.42. The van der Waals surface area contributed by atoms with Crippen LogP contribution in [0.3, 0.4) is 0 Å². The molecule has 1 aromatic carbocycles. The van der Waals surface area contributed by atoms with Gasteiger partial charge in [0.25, 0.3) is 0 Å². The molecule has 0 radical (unpaired) electrons. The number of nitrogen functional groups attached to an aromatic ring is 1. The molecule has 0 bridgehead atoms. The van der Waals surface area contributed by atoms with E-state index in [4.69, 9.17) is 5.73 Å². The number of hydrogen-bond donors (Lipinski definition) is 1. The summed E-state index contributed by atoms with van der Waals surface area (Å²) in [7, 11) is 0. The summed E-state index contributed by atoms with van der Waals surface area (Å²) in [6, 6.07) is 10.1. The fourth-order valence-corrected chi connectivity index (χ4v) is 6.14. The minimum Gasteiger partial charge on any atom is -0.399 e. The number of hydrogen-bond acceptors (Lipinski definition) is 5. The van der Waals surface area contributed by atoms with Gasteiger partial charge in [-0.15, -0.1) is 23.1 Å². The molecule has 2 aliphatic heterocycles. The third-order valence-electron chi connectivity index (χ3n) is 4.65. The number of nitrogens with two attached hydrogens (primary N) is 1. The van der Waals surface area contributed by atoms with Gasteiger partial charge in [0.1, 0.15) is 0 Å². The first-order valence-electron chi connectivity index (χ1n) is 7.55. The van der Waals surface area contributed by atoms with E-state index in [1.54, 1.807) is 11.3 Å². The predicted molar refractivity (Wildman–Crippen MR) is 94.2 cm³/mol. The van der Waals surface area contributed by atoms with E-state index in [1.807, 2.05) is 35.3 Å². The molecule has 0 saturated carbocycles. The molecule has 114 valence electrons. The fourth-order valence-electron chi connectivity index (χ4n) is 3.34. The largest absolute Gasteiger partial charge is 0.399 e. The van der Waals surface area contributed by atoms with Gasteiger partial charge < -0.3 is 10.6 Å². The van der Waals surface area contributed by atoms with Crippen molar-refractivity contribution in [1.29, 1.82) is 0 Å². The number of Topliss-reactive ketones (excluding diaryl/α,β-unsaturated/α-hetero) is 1. The van der Waals surface area contributed by atoms with Gasteiger partial charge in [-0.25, -0.2) is 0 Å². The quantitative estimate of drug-likeness (QED) is 0.801. The van der Waals surface area contributed by atoms with Crippen LogP contribution in [-0.2, 0) is 0 Å².